The number of hydrogen-bond donors (Lipinski definition) is 0. The highest BCUT2D eigenvalue weighted by molar-refractivity contribution is 6.22. The topological polar surface area (TPSA) is 54.5 Å². The van der Waals surface area contributed by atoms with E-state index in [-0.39, 0.29) is 29.4 Å². The first-order valence-corrected chi connectivity index (χ1v) is 7.48. The Morgan fingerprint density at radius 2 is 1.67 bits per heavy atom. The second-order valence-corrected chi connectivity index (χ2v) is 6.25. The maximum atomic E-state index is 12.6. The molecule has 1 saturated carbocycles. The number of Topliss-reactive ketones (excluding diaryl/α,β-unsaturated/α-hetero) is 1. The molecule has 0 unspecified atom stereocenters. The van der Waals surface area contributed by atoms with Gasteiger partial charge in [0.25, 0.3) is 0 Å². The van der Waals surface area contributed by atoms with Gasteiger partial charge in [-0.3, -0.25) is 19.3 Å². The normalized spacial score (nSPS) is 28.7. The van der Waals surface area contributed by atoms with Crippen molar-refractivity contribution in [3.8, 4) is 0 Å². The van der Waals surface area contributed by atoms with Crippen molar-refractivity contribution in [2.45, 2.75) is 33.1 Å². The number of rotatable bonds is 2. The van der Waals surface area contributed by atoms with Crippen LogP contribution in [0.1, 0.15) is 43.5 Å². The Hall–Kier alpha value is -1.97. The molecular weight excluding hydrogens is 266 g/mol. The van der Waals surface area contributed by atoms with Crippen LogP contribution in [0.25, 0.3) is 0 Å². The predicted molar refractivity (Wildman–Crippen MR) is 78.9 cm³/mol. The monoisotopic (exact) mass is 285 g/mol. The Balaban J connectivity index is 1.90. The molecule has 1 aromatic rings. The highest BCUT2D eigenvalue weighted by atomic mass is 16.2. The van der Waals surface area contributed by atoms with Gasteiger partial charge in [0.15, 0.2) is 5.78 Å². The van der Waals surface area contributed by atoms with E-state index in [4.69, 9.17) is 0 Å². The molecule has 2 aliphatic rings. The molecule has 0 aromatic heterocycles. The molecule has 0 N–H and O–H groups in total. The molecule has 4 heteroatoms. The number of amides is 2. The van der Waals surface area contributed by atoms with Crippen molar-refractivity contribution in [3.05, 3.63) is 29.8 Å². The standard InChI is InChI=1S/C17H19NO3/c1-10-3-8-14-15(9-10)17(21)18(16(14)20)13-6-4-12(5-7-13)11(2)19/h4-7,10,14-15H,3,8-9H2,1-2H3/t10-,14+,15-/m0/s1. The molecule has 1 aromatic carbocycles. The Bertz CT molecular complexity index is 605. The molecule has 2 fully saturated rings. The zero-order valence-electron chi connectivity index (χ0n) is 12.3. The van der Waals surface area contributed by atoms with Crippen LogP contribution in [0.5, 0.6) is 0 Å². The first kappa shape index (κ1) is 14.0. The van der Waals surface area contributed by atoms with Crippen molar-refractivity contribution >= 4 is 23.3 Å². The highest BCUT2D eigenvalue weighted by Crippen LogP contribution is 2.42. The van der Waals surface area contributed by atoms with Gasteiger partial charge in [-0.15, -0.1) is 0 Å². The van der Waals surface area contributed by atoms with Gasteiger partial charge in [0.2, 0.25) is 11.8 Å². The van der Waals surface area contributed by atoms with Crippen LogP contribution >= 0.6 is 0 Å². The number of hydrogen-bond acceptors (Lipinski definition) is 3. The summed E-state index contributed by atoms with van der Waals surface area (Å²) in [4.78, 5) is 37.7. The molecule has 4 nitrogen and oxygen atoms in total. The number of nitrogens with zero attached hydrogens (tertiary/aromatic N) is 1. The van der Waals surface area contributed by atoms with Crippen molar-refractivity contribution in [1.29, 1.82) is 0 Å². The number of benzene rings is 1. The second kappa shape index (κ2) is 5.10. The fourth-order valence-electron chi connectivity index (χ4n) is 3.49. The third-order valence-electron chi connectivity index (χ3n) is 4.72. The van der Waals surface area contributed by atoms with E-state index in [0.717, 1.165) is 19.3 Å². The zero-order valence-corrected chi connectivity index (χ0v) is 12.3. The van der Waals surface area contributed by atoms with Crippen LogP contribution < -0.4 is 4.90 Å². The lowest BCUT2D eigenvalue weighted by molar-refractivity contribution is -0.122. The molecule has 3 atom stereocenters. The quantitative estimate of drug-likeness (QED) is 0.620. The fraction of sp³-hybridized carbons (Fsp3) is 0.471. The second-order valence-electron chi connectivity index (χ2n) is 6.25. The van der Waals surface area contributed by atoms with Crippen molar-refractivity contribution in [2.24, 2.45) is 17.8 Å². The van der Waals surface area contributed by atoms with Gasteiger partial charge in [0.05, 0.1) is 17.5 Å². The first-order chi connectivity index (χ1) is 9.99. The average molecular weight is 285 g/mol. The largest absolute Gasteiger partial charge is 0.295 e. The minimum Gasteiger partial charge on any atom is -0.295 e. The lowest BCUT2D eigenvalue weighted by atomic mass is 9.76. The third-order valence-corrected chi connectivity index (χ3v) is 4.72. The summed E-state index contributed by atoms with van der Waals surface area (Å²) in [6.07, 6.45) is 2.62. The van der Waals surface area contributed by atoms with Gasteiger partial charge in [0, 0.05) is 5.56 Å². The Kier molecular flexibility index (Phi) is 3.40. The van der Waals surface area contributed by atoms with Crippen LogP contribution in [0.2, 0.25) is 0 Å². The van der Waals surface area contributed by atoms with Crippen molar-refractivity contribution in [1.82, 2.24) is 0 Å². The van der Waals surface area contributed by atoms with Gasteiger partial charge in [-0.25, -0.2) is 0 Å². The Morgan fingerprint density at radius 1 is 1.05 bits per heavy atom. The molecule has 2 amide bonds. The van der Waals surface area contributed by atoms with E-state index in [1.54, 1.807) is 24.3 Å². The van der Waals surface area contributed by atoms with E-state index in [9.17, 15) is 14.4 Å². The average Bonchev–Trinajstić information content (AvgIpc) is 2.70. The van der Waals surface area contributed by atoms with Crippen LogP contribution in [0.4, 0.5) is 5.69 Å². The van der Waals surface area contributed by atoms with E-state index in [1.165, 1.54) is 11.8 Å². The van der Waals surface area contributed by atoms with Gasteiger partial charge in [-0.2, -0.15) is 0 Å². The predicted octanol–water partition coefficient (Wildman–Crippen LogP) is 2.81. The molecule has 1 heterocycles. The minimum atomic E-state index is -0.159. The summed E-state index contributed by atoms with van der Waals surface area (Å²) in [5, 5.41) is 0. The summed E-state index contributed by atoms with van der Waals surface area (Å²) >= 11 is 0. The summed E-state index contributed by atoms with van der Waals surface area (Å²) in [6, 6.07) is 6.71. The Morgan fingerprint density at radius 3 is 2.29 bits per heavy atom. The maximum absolute atomic E-state index is 12.6. The number of carbonyl (C=O) groups is 3. The number of anilines is 1. The fourth-order valence-corrected chi connectivity index (χ4v) is 3.49. The van der Waals surface area contributed by atoms with Gasteiger partial charge in [-0.1, -0.05) is 6.92 Å². The SMILES string of the molecule is CC(=O)c1ccc(N2C(=O)[C@H]3C[C@@H](C)CC[C@H]3C2=O)cc1. The van der Waals surface area contributed by atoms with E-state index in [1.807, 2.05) is 0 Å². The number of ketones is 1. The summed E-state index contributed by atoms with van der Waals surface area (Å²) in [7, 11) is 0. The molecule has 1 saturated heterocycles. The molecule has 1 aliphatic heterocycles. The van der Waals surface area contributed by atoms with E-state index in [2.05, 4.69) is 6.92 Å². The van der Waals surface area contributed by atoms with E-state index in [0.29, 0.717) is 17.2 Å². The van der Waals surface area contributed by atoms with Crippen LogP contribution in [0.15, 0.2) is 24.3 Å². The van der Waals surface area contributed by atoms with Crippen molar-refractivity contribution in [2.75, 3.05) is 4.90 Å². The molecule has 21 heavy (non-hydrogen) atoms. The molecule has 0 radical (unpaired) electrons. The van der Waals surface area contributed by atoms with Crippen molar-refractivity contribution < 1.29 is 14.4 Å². The van der Waals surface area contributed by atoms with Gasteiger partial charge in [-0.05, 0) is 56.4 Å². The summed E-state index contributed by atoms with van der Waals surface area (Å²) in [6.45, 7) is 3.63. The van der Waals surface area contributed by atoms with E-state index < -0.39 is 0 Å². The number of imide groups is 1. The smallest absolute Gasteiger partial charge is 0.237 e. The zero-order chi connectivity index (χ0) is 15.1. The first-order valence-electron chi connectivity index (χ1n) is 7.48. The molecule has 110 valence electrons. The van der Waals surface area contributed by atoms with Gasteiger partial charge >= 0.3 is 0 Å². The summed E-state index contributed by atoms with van der Waals surface area (Å²) in [5.41, 5.74) is 1.17. The molecule has 3 rings (SSSR count). The molecule has 0 bridgehead atoms. The minimum absolute atomic E-state index is 0.0249. The van der Waals surface area contributed by atoms with Gasteiger partial charge in [0.1, 0.15) is 0 Å². The van der Waals surface area contributed by atoms with Crippen LogP contribution in [-0.2, 0) is 9.59 Å². The molecular formula is C17H19NO3. The molecule has 0 spiro atoms. The third kappa shape index (κ3) is 2.28. The molecule has 1 aliphatic carbocycles. The lowest BCUT2D eigenvalue weighted by Gasteiger charge is -2.25. The van der Waals surface area contributed by atoms with Crippen LogP contribution in [-0.4, -0.2) is 17.6 Å². The lowest BCUT2D eigenvalue weighted by Crippen LogP contribution is -2.30. The summed E-state index contributed by atoms with van der Waals surface area (Å²) < 4.78 is 0. The van der Waals surface area contributed by atoms with Crippen LogP contribution in [0, 0.1) is 17.8 Å². The summed E-state index contributed by atoms with van der Waals surface area (Å²) in [5.74, 6) is 0.0145. The van der Waals surface area contributed by atoms with E-state index >= 15 is 0 Å². The maximum Gasteiger partial charge on any atom is 0.237 e. The van der Waals surface area contributed by atoms with Crippen LogP contribution in [0.3, 0.4) is 0 Å². The number of fused-ring (bicyclic) bond motifs is 1. The van der Waals surface area contributed by atoms with Gasteiger partial charge < -0.3 is 0 Å². The Labute approximate surface area is 124 Å². The van der Waals surface area contributed by atoms with Crippen molar-refractivity contribution in [3.63, 3.8) is 0 Å². The number of carbonyl (C=O) groups excluding carboxylic acids is 3. The highest BCUT2D eigenvalue weighted by Gasteiger charge is 2.49.